The average Bonchev–Trinajstić information content (AvgIpc) is 2.57. The van der Waals surface area contributed by atoms with Crippen LogP contribution < -0.4 is 5.32 Å². The van der Waals surface area contributed by atoms with Crippen LogP contribution in [-0.2, 0) is 14.3 Å². The van der Waals surface area contributed by atoms with E-state index in [0.29, 0.717) is 11.8 Å². The van der Waals surface area contributed by atoms with Gasteiger partial charge in [0.2, 0.25) is 0 Å². The molecule has 0 aromatic rings. The number of hydrogen-bond acceptors (Lipinski definition) is 4. The summed E-state index contributed by atoms with van der Waals surface area (Å²) in [6, 6.07) is 0.861. The number of rotatable bonds is 14. The normalized spacial score (nSPS) is 23.0. The Kier molecular flexibility index (Phi) is 12.6. The lowest BCUT2D eigenvalue weighted by molar-refractivity contribution is -0.149. The third-order valence-electron chi connectivity index (χ3n) is 5.50. The van der Waals surface area contributed by atoms with Gasteiger partial charge in [-0.15, -0.1) is 0 Å². The molecule has 0 spiro atoms. The van der Waals surface area contributed by atoms with Crippen molar-refractivity contribution in [2.45, 2.75) is 129 Å². The highest BCUT2D eigenvalue weighted by molar-refractivity contribution is 5.75. The molecular weight excluding hydrogens is 326 g/mol. The monoisotopic (exact) mass is 367 g/mol. The zero-order valence-corrected chi connectivity index (χ0v) is 17.4. The van der Waals surface area contributed by atoms with Gasteiger partial charge in [-0.3, -0.25) is 4.79 Å². The van der Waals surface area contributed by atoms with Crippen LogP contribution in [0, 0.1) is 0 Å². The molecule has 1 aliphatic rings. The molecule has 0 bridgehead atoms. The van der Waals surface area contributed by atoms with Gasteiger partial charge in [-0.1, -0.05) is 57.8 Å². The summed E-state index contributed by atoms with van der Waals surface area (Å²) in [5, 5.41) is 3.62. The number of ether oxygens (including phenoxy) is 1. The first kappa shape index (κ1) is 23.1. The molecule has 3 atom stereocenters. The van der Waals surface area contributed by atoms with Gasteiger partial charge in [0, 0.05) is 25.4 Å². The van der Waals surface area contributed by atoms with Crippen LogP contribution in [0.1, 0.15) is 111 Å². The predicted molar refractivity (Wildman–Crippen MR) is 107 cm³/mol. The summed E-state index contributed by atoms with van der Waals surface area (Å²) in [4.78, 5) is 21.9. The molecule has 152 valence electrons. The molecule has 0 radical (unpaired) electrons. The van der Waals surface area contributed by atoms with Crippen LogP contribution in [0.15, 0.2) is 0 Å². The second kappa shape index (κ2) is 14.2. The molecule has 0 amide bonds. The fraction of sp³-hybridized carbons (Fsp3) is 0.909. The molecule has 1 saturated heterocycles. The average molecular weight is 368 g/mol. The predicted octanol–water partition coefficient (Wildman–Crippen LogP) is 5.33. The van der Waals surface area contributed by atoms with Crippen molar-refractivity contribution in [1.82, 2.24) is 5.32 Å². The molecule has 0 unspecified atom stereocenters. The number of unbranched alkanes of at least 4 members (excludes halogenated alkanes) is 9. The van der Waals surface area contributed by atoms with Gasteiger partial charge in [-0.05, 0) is 39.5 Å². The molecule has 1 rings (SSSR count). The third-order valence-corrected chi connectivity index (χ3v) is 5.50. The van der Waals surface area contributed by atoms with E-state index >= 15 is 0 Å². The molecule has 0 saturated carbocycles. The highest BCUT2D eigenvalue weighted by Gasteiger charge is 2.28. The number of nitrogens with one attached hydrogen (secondary N) is 1. The number of piperidine rings is 1. The van der Waals surface area contributed by atoms with Crippen LogP contribution in [0.5, 0.6) is 0 Å². The largest absolute Gasteiger partial charge is 0.461 e. The molecule has 1 N–H and O–H groups in total. The van der Waals surface area contributed by atoms with Crippen LogP contribution in [0.4, 0.5) is 0 Å². The standard InChI is InChI=1S/C22H41NO3/c1-18(24)14-12-10-8-6-4-5-7-9-11-13-15-21-16-17-22(19(2)23-21)26-20(3)25/h19,21-23H,4-17H2,1-3H3/t19-,21+,22-/m1/s1. The molecule has 4 heteroatoms. The fourth-order valence-electron chi connectivity index (χ4n) is 3.96. The number of ketones is 1. The highest BCUT2D eigenvalue weighted by atomic mass is 16.5. The van der Waals surface area contributed by atoms with Crippen LogP contribution >= 0.6 is 0 Å². The van der Waals surface area contributed by atoms with Crippen LogP contribution in [0.3, 0.4) is 0 Å². The number of carbonyl (C=O) groups excluding carboxylic acids is 2. The molecule has 0 aromatic carbocycles. The molecule has 26 heavy (non-hydrogen) atoms. The van der Waals surface area contributed by atoms with E-state index in [4.69, 9.17) is 4.74 Å². The first-order chi connectivity index (χ1) is 12.5. The number of Topliss-reactive ketones (excluding diaryl/α,β-unsaturated/α-hetero) is 1. The van der Waals surface area contributed by atoms with E-state index in [-0.39, 0.29) is 18.1 Å². The van der Waals surface area contributed by atoms with Crippen LogP contribution in [0.2, 0.25) is 0 Å². The lowest BCUT2D eigenvalue weighted by atomic mass is 9.93. The van der Waals surface area contributed by atoms with Gasteiger partial charge in [-0.2, -0.15) is 0 Å². The Bertz CT molecular complexity index is 397. The number of carbonyl (C=O) groups is 2. The summed E-state index contributed by atoms with van der Waals surface area (Å²) >= 11 is 0. The van der Waals surface area contributed by atoms with Crippen molar-refractivity contribution >= 4 is 11.8 Å². The molecule has 1 fully saturated rings. The van der Waals surface area contributed by atoms with Gasteiger partial charge in [0.05, 0.1) is 0 Å². The maximum atomic E-state index is 11.1. The molecule has 0 aromatic heterocycles. The summed E-state index contributed by atoms with van der Waals surface area (Å²) in [5.74, 6) is 0.158. The summed E-state index contributed by atoms with van der Waals surface area (Å²) < 4.78 is 5.36. The quantitative estimate of drug-likeness (QED) is 0.333. The van der Waals surface area contributed by atoms with Crippen molar-refractivity contribution in [3.63, 3.8) is 0 Å². The molecule has 0 aliphatic carbocycles. The van der Waals surface area contributed by atoms with Crippen molar-refractivity contribution in [2.24, 2.45) is 0 Å². The summed E-state index contributed by atoms with van der Waals surface area (Å²) in [6.07, 6.45) is 17.1. The lowest BCUT2D eigenvalue weighted by Gasteiger charge is -2.35. The van der Waals surface area contributed by atoms with Gasteiger partial charge in [0.1, 0.15) is 11.9 Å². The Balaban J connectivity index is 1.88. The fourth-order valence-corrected chi connectivity index (χ4v) is 3.96. The van der Waals surface area contributed by atoms with E-state index in [0.717, 1.165) is 25.7 Å². The third kappa shape index (κ3) is 11.7. The first-order valence-corrected chi connectivity index (χ1v) is 10.9. The van der Waals surface area contributed by atoms with Gasteiger partial charge in [0.15, 0.2) is 0 Å². The van der Waals surface area contributed by atoms with Crippen LogP contribution in [0.25, 0.3) is 0 Å². The van der Waals surface area contributed by atoms with Crippen molar-refractivity contribution in [3.8, 4) is 0 Å². The van der Waals surface area contributed by atoms with Gasteiger partial charge in [0.25, 0.3) is 0 Å². The zero-order chi connectivity index (χ0) is 19.2. The summed E-state index contributed by atoms with van der Waals surface area (Å²) in [5.41, 5.74) is 0. The van der Waals surface area contributed by atoms with Crippen molar-refractivity contribution in [1.29, 1.82) is 0 Å². The Hall–Kier alpha value is -0.900. The highest BCUT2D eigenvalue weighted by Crippen LogP contribution is 2.21. The Labute approximate surface area is 160 Å². The van der Waals surface area contributed by atoms with Crippen LogP contribution in [-0.4, -0.2) is 29.9 Å². The minimum Gasteiger partial charge on any atom is -0.461 e. The summed E-state index contributed by atoms with van der Waals surface area (Å²) in [6.45, 7) is 5.30. The molecule has 1 aliphatic heterocycles. The number of hydrogen-bond donors (Lipinski definition) is 1. The van der Waals surface area contributed by atoms with E-state index in [2.05, 4.69) is 12.2 Å². The topological polar surface area (TPSA) is 55.4 Å². The van der Waals surface area contributed by atoms with Gasteiger partial charge in [-0.25, -0.2) is 0 Å². The van der Waals surface area contributed by atoms with E-state index in [1.807, 2.05) is 0 Å². The minimum absolute atomic E-state index is 0.0474. The Morgan fingerprint density at radius 1 is 0.846 bits per heavy atom. The molecule has 1 heterocycles. The minimum atomic E-state index is -0.168. The second-order valence-electron chi connectivity index (χ2n) is 8.15. The first-order valence-electron chi connectivity index (χ1n) is 10.9. The molecular formula is C22H41NO3. The zero-order valence-electron chi connectivity index (χ0n) is 17.4. The number of esters is 1. The Morgan fingerprint density at radius 2 is 1.38 bits per heavy atom. The Morgan fingerprint density at radius 3 is 1.88 bits per heavy atom. The lowest BCUT2D eigenvalue weighted by Crippen LogP contribution is -2.50. The van der Waals surface area contributed by atoms with E-state index in [9.17, 15) is 9.59 Å². The summed E-state index contributed by atoms with van der Waals surface area (Å²) in [7, 11) is 0. The maximum absolute atomic E-state index is 11.1. The van der Waals surface area contributed by atoms with E-state index in [1.165, 1.54) is 71.1 Å². The van der Waals surface area contributed by atoms with Crippen molar-refractivity contribution in [2.75, 3.05) is 0 Å². The van der Waals surface area contributed by atoms with E-state index in [1.54, 1.807) is 6.92 Å². The molecule has 4 nitrogen and oxygen atoms in total. The second-order valence-corrected chi connectivity index (χ2v) is 8.15. The van der Waals surface area contributed by atoms with E-state index < -0.39 is 0 Å². The van der Waals surface area contributed by atoms with Gasteiger partial charge < -0.3 is 14.8 Å². The SMILES string of the molecule is CC(=O)CCCCCCCCCCCC[C@H]1CC[C@@H](OC(C)=O)[C@@H](C)N1. The smallest absolute Gasteiger partial charge is 0.302 e. The van der Waals surface area contributed by atoms with Crippen molar-refractivity contribution < 1.29 is 14.3 Å². The van der Waals surface area contributed by atoms with Crippen molar-refractivity contribution in [3.05, 3.63) is 0 Å². The van der Waals surface area contributed by atoms with Gasteiger partial charge >= 0.3 is 5.97 Å². The maximum Gasteiger partial charge on any atom is 0.302 e.